The van der Waals surface area contributed by atoms with Gasteiger partial charge in [-0.2, -0.15) is 0 Å². The Bertz CT molecular complexity index is 718. The largest absolute Gasteiger partial charge is 0.461 e. The van der Waals surface area contributed by atoms with Crippen molar-refractivity contribution in [2.45, 2.75) is 158 Å². The van der Waals surface area contributed by atoms with Gasteiger partial charge in [0, 0.05) is 0 Å². The van der Waals surface area contributed by atoms with E-state index in [4.69, 9.17) is 14.2 Å². The molecule has 0 aliphatic rings. The molecule has 0 saturated carbocycles. The molecule has 0 aliphatic carbocycles. The fraction of sp³-hybridized carbons (Fsp3) is 0.879. The molecule has 6 atom stereocenters. The van der Waals surface area contributed by atoms with Crippen molar-refractivity contribution in [1.29, 1.82) is 0 Å². The second-order valence-corrected chi connectivity index (χ2v) is 11.6. The average Bonchev–Trinajstić information content (AvgIpc) is 2.93. The molecule has 0 N–H and O–H groups in total. The summed E-state index contributed by atoms with van der Waals surface area (Å²) >= 11 is 0. The summed E-state index contributed by atoms with van der Waals surface area (Å²) in [6, 6.07) is 0. The Hall–Kier alpha value is -2.12. The molecule has 0 rings (SSSR count). The third-order valence-electron chi connectivity index (χ3n) is 7.74. The van der Waals surface area contributed by atoms with Crippen LogP contribution in [0.5, 0.6) is 0 Å². The number of ether oxygens (including phenoxy) is 3. The van der Waals surface area contributed by atoms with E-state index in [2.05, 4.69) is 20.8 Å². The van der Waals surface area contributed by atoms with Gasteiger partial charge in [-0.15, -0.1) is 0 Å². The van der Waals surface area contributed by atoms with Crippen LogP contribution in [-0.2, 0) is 33.4 Å². The topological polar surface area (TPSA) is 99.2 Å². The summed E-state index contributed by atoms with van der Waals surface area (Å²) in [6.07, 6.45) is 7.96. The Morgan fingerprint density at radius 2 is 0.854 bits per heavy atom. The fourth-order valence-electron chi connectivity index (χ4n) is 4.93. The summed E-state index contributed by atoms with van der Waals surface area (Å²) in [4.78, 5) is 53.5. The molecule has 0 saturated heterocycles. The van der Waals surface area contributed by atoms with Gasteiger partial charge in [0.15, 0.2) is 6.10 Å². The van der Waals surface area contributed by atoms with Crippen LogP contribution >= 0.6 is 0 Å². The van der Waals surface area contributed by atoms with Gasteiger partial charge in [0.25, 0.3) is 5.91 Å². The van der Waals surface area contributed by atoms with Gasteiger partial charge in [0.2, 0.25) is 0 Å². The molecule has 8 nitrogen and oxygen atoms in total. The van der Waals surface area contributed by atoms with Gasteiger partial charge in [-0.25, -0.2) is 0 Å². The number of esters is 3. The number of carbonyl (C=O) groups excluding carboxylic acids is 4. The minimum Gasteiger partial charge on any atom is -0.461 e. The van der Waals surface area contributed by atoms with Crippen LogP contribution in [-0.4, -0.2) is 60.1 Å². The number of nitrogens with zero attached hydrogens (tertiary/aromatic N) is 1. The highest BCUT2D eigenvalue weighted by atomic mass is 16.6. The Morgan fingerprint density at radius 3 is 1.15 bits per heavy atom. The Balaban J connectivity index is 5.63. The molecule has 0 aromatic rings. The molecule has 0 aromatic heterocycles. The minimum absolute atomic E-state index is 0.110. The molecule has 0 aliphatic heterocycles. The first-order valence-electron chi connectivity index (χ1n) is 16.4. The third-order valence-corrected chi connectivity index (χ3v) is 7.74. The minimum atomic E-state index is -1.01. The van der Waals surface area contributed by atoms with Crippen LogP contribution < -0.4 is 0 Å². The molecule has 0 unspecified atom stereocenters. The van der Waals surface area contributed by atoms with Crippen molar-refractivity contribution in [3.8, 4) is 0 Å². The van der Waals surface area contributed by atoms with E-state index in [-0.39, 0.29) is 48.8 Å². The standard InChI is InChI=1S/C33H61NO7/c1-10-16-19-27(13-4)31(36)39-24(7)22-34(23-25(8)40-32(37)28(14-5)20-17-11-2)30(35)26(9)41-33(38)29(15-6)21-18-12-3/h24-29H,10-23H2,1-9H3/t24-,25+,26-,27+,28+,29+/m1/s1. The van der Waals surface area contributed by atoms with E-state index >= 15 is 0 Å². The van der Waals surface area contributed by atoms with E-state index in [9.17, 15) is 19.2 Å². The number of hydrogen-bond acceptors (Lipinski definition) is 7. The molecule has 0 bridgehead atoms. The Morgan fingerprint density at radius 1 is 0.537 bits per heavy atom. The molecule has 0 spiro atoms. The summed E-state index contributed by atoms with van der Waals surface area (Å²) in [5, 5.41) is 0. The molecule has 0 heterocycles. The monoisotopic (exact) mass is 583 g/mol. The number of unbranched alkanes of at least 4 members (excludes halogenated alkanes) is 3. The van der Waals surface area contributed by atoms with E-state index in [1.54, 1.807) is 20.8 Å². The van der Waals surface area contributed by atoms with Crippen LogP contribution in [0.3, 0.4) is 0 Å². The number of amides is 1. The SMILES string of the molecule is CCCC[C@H](CC)C(=O)O[C@H](C)CN(C[C@H](C)OC(=O)[C@@H](CC)CCCC)C(=O)[C@@H](C)OC(=O)[C@@H](CC)CCCC. The quantitative estimate of drug-likeness (QED) is 0.0922. The molecular weight excluding hydrogens is 522 g/mol. The first-order chi connectivity index (χ1) is 19.5. The van der Waals surface area contributed by atoms with Crippen LogP contribution in [0, 0.1) is 17.8 Å². The summed E-state index contributed by atoms with van der Waals surface area (Å²) < 4.78 is 17.1. The van der Waals surface area contributed by atoms with Crippen LogP contribution in [0.2, 0.25) is 0 Å². The zero-order valence-corrected chi connectivity index (χ0v) is 27.7. The number of carbonyl (C=O) groups is 4. The van der Waals surface area contributed by atoms with Gasteiger partial charge >= 0.3 is 17.9 Å². The maximum atomic E-state index is 13.6. The summed E-state index contributed by atoms with van der Waals surface area (Å²) in [6.45, 7) is 17.5. The Labute approximate surface area is 250 Å². The Kier molecular flexibility index (Phi) is 21.3. The second-order valence-electron chi connectivity index (χ2n) is 11.6. The van der Waals surface area contributed by atoms with Gasteiger partial charge in [-0.05, 0) is 59.3 Å². The summed E-state index contributed by atoms with van der Waals surface area (Å²) in [7, 11) is 0. The van der Waals surface area contributed by atoms with Gasteiger partial charge < -0.3 is 19.1 Å². The normalized spacial score (nSPS) is 15.6. The predicted molar refractivity (Wildman–Crippen MR) is 163 cm³/mol. The lowest BCUT2D eigenvalue weighted by Crippen LogP contribution is -2.48. The van der Waals surface area contributed by atoms with E-state index < -0.39 is 24.2 Å². The molecule has 8 heteroatoms. The van der Waals surface area contributed by atoms with Gasteiger partial charge in [0.05, 0.1) is 30.8 Å². The zero-order chi connectivity index (χ0) is 31.4. The van der Waals surface area contributed by atoms with Crippen molar-refractivity contribution in [3.63, 3.8) is 0 Å². The zero-order valence-electron chi connectivity index (χ0n) is 27.7. The molecule has 0 radical (unpaired) electrons. The summed E-state index contributed by atoms with van der Waals surface area (Å²) in [5.41, 5.74) is 0. The highest BCUT2D eigenvalue weighted by Gasteiger charge is 2.31. The van der Waals surface area contributed by atoms with E-state index in [0.29, 0.717) is 19.3 Å². The smallest absolute Gasteiger partial charge is 0.309 e. The van der Waals surface area contributed by atoms with Gasteiger partial charge in [-0.1, -0.05) is 80.1 Å². The van der Waals surface area contributed by atoms with Crippen LogP contribution in [0.4, 0.5) is 0 Å². The first kappa shape index (κ1) is 38.9. The van der Waals surface area contributed by atoms with Gasteiger partial charge in [0.1, 0.15) is 12.2 Å². The maximum Gasteiger partial charge on any atom is 0.309 e. The predicted octanol–water partition coefficient (Wildman–Crippen LogP) is 7.26. The van der Waals surface area contributed by atoms with Gasteiger partial charge in [-0.3, -0.25) is 19.2 Å². The lowest BCUT2D eigenvalue weighted by molar-refractivity contribution is -0.166. The lowest BCUT2D eigenvalue weighted by Gasteiger charge is -2.31. The highest BCUT2D eigenvalue weighted by Crippen LogP contribution is 2.19. The summed E-state index contributed by atoms with van der Waals surface area (Å²) in [5.74, 6) is -1.89. The van der Waals surface area contributed by atoms with Crippen molar-refractivity contribution in [2.75, 3.05) is 13.1 Å². The lowest BCUT2D eigenvalue weighted by atomic mass is 9.99. The number of rotatable bonds is 23. The molecule has 0 fully saturated rings. The van der Waals surface area contributed by atoms with Crippen molar-refractivity contribution < 1.29 is 33.4 Å². The molecule has 1 amide bonds. The van der Waals surface area contributed by atoms with E-state index in [1.165, 1.54) is 4.90 Å². The van der Waals surface area contributed by atoms with Crippen molar-refractivity contribution in [3.05, 3.63) is 0 Å². The number of hydrogen-bond donors (Lipinski definition) is 0. The van der Waals surface area contributed by atoms with Crippen LogP contribution in [0.25, 0.3) is 0 Å². The third kappa shape index (κ3) is 15.6. The fourth-order valence-corrected chi connectivity index (χ4v) is 4.93. The van der Waals surface area contributed by atoms with Crippen molar-refractivity contribution >= 4 is 23.8 Å². The van der Waals surface area contributed by atoms with Crippen LogP contribution in [0.15, 0.2) is 0 Å². The van der Waals surface area contributed by atoms with E-state index in [0.717, 1.165) is 57.8 Å². The molecular formula is C33H61NO7. The first-order valence-corrected chi connectivity index (χ1v) is 16.4. The molecule has 0 aromatic carbocycles. The van der Waals surface area contributed by atoms with Crippen molar-refractivity contribution in [1.82, 2.24) is 4.90 Å². The molecule has 41 heavy (non-hydrogen) atoms. The molecule has 240 valence electrons. The maximum absolute atomic E-state index is 13.6. The average molecular weight is 584 g/mol. The highest BCUT2D eigenvalue weighted by molar-refractivity contribution is 5.84. The van der Waals surface area contributed by atoms with E-state index in [1.807, 2.05) is 20.8 Å². The van der Waals surface area contributed by atoms with Crippen LogP contribution in [0.1, 0.15) is 139 Å². The second kappa shape index (κ2) is 22.5. The van der Waals surface area contributed by atoms with Crippen molar-refractivity contribution in [2.24, 2.45) is 17.8 Å².